The molecular formula is C18H21O3P. The van der Waals surface area contributed by atoms with Crippen molar-refractivity contribution in [3.63, 3.8) is 0 Å². The van der Waals surface area contributed by atoms with Crippen molar-refractivity contribution in [2.75, 3.05) is 0 Å². The van der Waals surface area contributed by atoms with Gasteiger partial charge >= 0.3 is 0 Å². The SMILES string of the molecule is C[C@@H]1C[C@@H](C)OC(P(=O)(c2ccccc2)c2ccccc2)O1. The Balaban J connectivity index is 2.10. The minimum Gasteiger partial charge on any atom is -0.342 e. The van der Waals surface area contributed by atoms with Gasteiger partial charge in [0.05, 0.1) is 12.2 Å². The summed E-state index contributed by atoms with van der Waals surface area (Å²) in [7, 11) is -3.02. The van der Waals surface area contributed by atoms with Gasteiger partial charge in [-0.15, -0.1) is 0 Å². The first kappa shape index (κ1) is 15.5. The minimum absolute atomic E-state index is 0.0366. The van der Waals surface area contributed by atoms with Gasteiger partial charge in [-0.25, -0.2) is 0 Å². The number of ether oxygens (including phenoxy) is 2. The molecule has 0 aromatic heterocycles. The fraction of sp³-hybridized carbons (Fsp3) is 0.333. The summed E-state index contributed by atoms with van der Waals surface area (Å²) in [6, 6.07) is 18.3. The Bertz CT molecular complexity index is 603. The van der Waals surface area contributed by atoms with Gasteiger partial charge < -0.3 is 14.0 Å². The molecule has 1 fully saturated rings. The molecule has 22 heavy (non-hydrogen) atoms. The largest absolute Gasteiger partial charge is 0.342 e. The van der Waals surface area contributed by atoms with Crippen LogP contribution in [0.4, 0.5) is 0 Å². The molecule has 3 rings (SSSR count). The lowest BCUT2D eigenvalue weighted by Gasteiger charge is -2.37. The zero-order valence-electron chi connectivity index (χ0n) is 12.9. The fourth-order valence-electron chi connectivity index (χ4n) is 2.87. The third kappa shape index (κ3) is 2.89. The van der Waals surface area contributed by atoms with Gasteiger partial charge in [-0.2, -0.15) is 0 Å². The first-order valence-corrected chi connectivity index (χ1v) is 9.40. The van der Waals surface area contributed by atoms with Crippen LogP contribution < -0.4 is 10.6 Å². The van der Waals surface area contributed by atoms with E-state index in [1.54, 1.807) is 0 Å². The molecule has 0 spiro atoms. The molecule has 116 valence electrons. The topological polar surface area (TPSA) is 35.5 Å². The highest BCUT2D eigenvalue weighted by atomic mass is 31.2. The zero-order chi connectivity index (χ0) is 15.6. The van der Waals surface area contributed by atoms with Gasteiger partial charge in [0.2, 0.25) is 6.03 Å². The molecule has 0 aliphatic carbocycles. The van der Waals surface area contributed by atoms with E-state index in [0.717, 1.165) is 17.0 Å². The lowest BCUT2D eigenvalue weighted by molar-refractivity contribution is -0.191. The van der Waals surface area contributed by atoms with Crippen LogP contribution in [0.1, 0.15) is 20.3 Å². The first-order chi connectivity index (χ1) is 10.6. The normalized spacial score (nSPS) is 25.8. The maximum Gasteiger partial charge on any atom is 0.220 e. The molecular weight excluding hydrogens is 295 g/mol. The molecule has 1 saturated heterocycles. The van der Waals surface area contributed by atoms with E-state index in [9.17, 15) is 4.57 Å². The number of benzene rings is 2. The Morgan fingerprint density at radius 3 is 1.64 bits per heavy atom. The van der Waals surface area contributed by atoms with Crippen LogP contribution in [0.5, 0.6) is 0 Å². The predicted octanol–water partition coefficient (Wildman–Crippen LogP) is 3.50. The Labute approximate surface area is 131 Å². The van der Waals surface area contributed by atoms with Crippen LogP contribution in [0.15, 0.2) is 60.7 Å². The maximum atomic E-state index is 14.0. The second kappa shape index (κ2) is 6.37. The summed E-state index contributed by atoms with van der Waals surface area (Å²) in [5, 5.41) is 1.54. The van der Waals surface area contributed by atoms with Crippen molar-refractivity contribution >= 4 is 17.8 Å². The highest BCUT2D eigenvalue weighted by Crippen LogP contribution is 2.51. The second-order valence-electron chi connectivity index (χ2n) is 5.77. The van der Waals surface area contributed by atoms with Crippen LogP contribution >= 0.6 is 7.14 Å². The van der Waals surface area contributed by atoms with E-state index in [1.165, 1.54) is 0 Å². The third-order valence-corrected chi connectivity index (χ3v) is 6.91. The summed E-state index contributed by atoms with van der Waals surface area (Å²) in [5.41, 5.74) is 0. The van der Waals surface area contributed by atoms with Gasteiger partial charge in [-0.05, 0) is 20.3 Å². The van der Waals surface area contributed by atoms with Crippen molar-refractivity contribution < 1.29 is 14.0 Å². The summed E-state index contributed by atoms with van der Waals surface area (Å²) in [4.78, 5) is 0. The highest BCUT2D eigenvalue weighted by Gasteiger charge is 2.42. The quantitative estimate of drug-likeness (QED) is 0.813. The first-order valence-electron chi connectivity index (χ1n) is 7.62. The van der Waals surface area contributed by atoms with E-state index < -0.39 is 13.2 Å². The monoisotopic (exact) mass is 316 g/mol. The van der Waals surface area contributed by atoms with Gasteiger partial charge in [0, 0.05) is 10.6 Å². The molecule has 0 bridgehead atoms. The Kier molecular flexibility index (Phi) is 4.49. The standard InChI is InChI=1S/C18H21O3P/c1-14-13-15(2)21-18(20-14)22(19,16-9-5-3-6-10-16)17-11-7-4-8-12-17/h3-12,14-15,18H,13H2,1-2H3/t14-,15-/m1/s1. The third-order valence-electron chi connectivity index (χ3n) is 3.94. The summed E-state index contributed by atoms with van der Waals surface area (Å²) in [6.45, 7) is 4.01. The molecule has 0 radical (unpaired) electrons. The van der Waals surface area contributed by atoms with Crippen molar-refractivity contribution in [2.45, 2.75) is 38.5 Å². The average molecular weight is 316 g/mol. The molecule has 1 aliphatic heterocycles. The molecule has 3 nitrogen and oxygen atoms in total. The number of rotatable bonds is 3. The van der Waals surface area contributed by atoms with E-state index in [2.05, 4.69) is 0 Å². The molecule has 2 aromatic rings. The van der Waals surface area contributed by atoms with Gasteiger partial charge in [0.15, 0.2) is 7.14 Å². The van der Waals surface area contributed by atoms with E-state index in [0.29, 0.717) is 0 Å². The molecule has 2 atom stereocenters. The van der Waals surface area contributed by atoms with Crippen molar-refractivity contribution in [1.29, 1.82) is 0 Å². The molecule has 1 heterocycles. The summed E-state index contributed by atoms with van der Waals surface area (Å²) >= 11 is 0. The molecule has 2 aromatic carbocycles. The van der Waals surface area contributed by atoms with E-state index in [-0.39, 0.29) is 12.2 Å². The number of hydrogen-bond acceptors (Lipinski definition) is 3. The van der Waals surface area contributed by atoms with E-state index >= 15 is 0 Å². The van der Waals surface area contributed by atoms with Crippen LogP contribution in [0.25, 0.3) is 0 Å². The molecule has 0 amide bonds. The van der Waals surface area contributed by atoms with Crippen LogP contribution in [0.3, 0.4) is 0 Å². The molecule has 0 unspecified atom stereocenters. The van der Waals surface area contributed by atoms with E-state index in [4.69, 9.17) is 9.47 Å². The van der Waals surface area contributed by atoms with Crippen LogP contribution in [-0.2, 0) is 14.0 Å². The molecule has 0 saturated carbocycles. The summed E-state index contributed by atoms with van der Waals surface area (Å²) < 4.78 is 25.9. The molecule has 4 heteroatoms. The van der Waals surface area contributed by atoms with Crippen molar-refractivity contribution in [3.05, 3.63) is 60.7 Å². The van der Waals surface area contributed by atoms with Crippen LogP contribution in [0.2, 0.25) is 0 Å². The second-order valence-corrected chi connectivity index (χ2v) is 8.54. The van der Waals surface area contributed by atoms with Gasteiger partial charge in [0.25, 0.3) is 0 Å². The molecule has 0 N–H and O–H groups in total. The smallest absolute Gasteiger partial charge is 0.220 e. The molecule has 1 aliphatic rings. The van der Waals surface area contributed by atoms with Crippen LogP contribution in [0, 0.1) is 0 Å². The highest BCUT2D eigenvalue weighted by molar-refractivity contribution is 7.79. The minimum atomic E-state index is -3.02. The Hall–Kier alpha value is -1.41. The van der Waals surface area contributed by atoms with Gasteiger partial charge in [-0.3, -0.25) is 0 Å². The van der Waals surface area contributed by atoms with Gasteiger partial charge in [0.1, 0.15) is 0 Å². The van der Waals surface area contributed by atoms with Crippen molar-refractivity contribution in [2.24, 2.45) is 0 Å². The van der Waals surface area contributed by atoms with E-state index in [1.807, 2.05) is 74.5 Å². The summed E-state index contributed by atoms with van der Waals surface area (Å²) in [6.07, 6.45) is 0.893. The number of hydrogen-bond donors (Lipinski definition) is 0. The van der Waals surface area contributed by atoms with Crippen molar-refractivity contribution in [3.8, 4) is 0 Å². The summed E-state index contributed by atoms with van der Waals surface area (Å²) in [5.74, 6) is 0. The lowest BCUT2D eigenvalue weighted by atomic mass is 10.2. The Morgan fingerprint density at radius 2 is 1.23 bits per heavy atom. The van der Waals surface area contributed by atoms with Crippen molar-refractivity contribution in [1.82, 2.24) is 0 Å². The Morgan fingerprint density at radius 1 is 0.818 bits per heavy atom. The maximum absolute atomic E-state index is 14.0. The lowest BCUT2D eigenvalue weighted by Crippen LogP contribution is -2.39. The zero-order valence-corrected chi connectivity index (χ0v) is 13.8. The predicted molar refractivity (Wildman–Crippen MR) is 89.3 cm³/mol. The average Bonchev–Trinajstić information content (AvgIpc) is 2.55. The fourth-order valence-corrected chi connectivity index (χ4v) is 5.64. The van der Waals surface area contributed by atoms with Crippen LogP contribution in [-0.4, -0.2) is 18.2 Å². The van der Waals surface area contributed by atoms with Gasteiger partial charge in [-0.1, -0.05) is 60.7 Å².